The van der Waals surface area contributed by atoms with Crippen molar-refractivity contribution < 1.29 is 14.3 Å². The van der Waals surface area contributed by atoms with Crippen LogP contribution in [-0.2, 0) is 14.3 Å². The molecule has 0 rings (SSSR count). The van der Waals surface area contributed by atoms with Crippen molar-refractivity contribution in [2.24, 2.45) is 5.73 Å². The molecule has 0 fully saturated rings. The molecule has 4 heteroatoms. The third-order valence-corrected chi connectivity index (χ3v) is 1.85. The lowest BCUT2D eigenvalue weighted by Crippen LogP contribution is -2.32. The van der Waals surface area contributed by atoms with E-state index in [-0.39, 0.29) is 5.97 Å². The molecule has 0 saturated carbocycles. The van der Waals surface area contributed by atoms with Crippen LogP contribution in [-0.4, -0.2) is 31.8 Å². The van der Waals surface area contributed by atoms with E-state index in [1.165, 1.54) is 0 Å². The van der Waals surface area contributed by atoms with Gasteiger partial charge in [0.05, 0.1) is 6.61 Å². The van der Waals surface area contributed by atoms with Crippen LogP contribution in [0.15, 0.2) is 0 Å². The summed E-state index contributed by atoms with van der Waals surface area (Å²) in [7, 11) is 0. The number of esters is 1. The summed E-state index contributed by atoms with van der Waals surface area (Å²) in [5.74, 6) is -0.321. The predicted molar refractivity (Wildman–Crippen MR) is 55.0 cm³/mol. The number of hydrogen-bond acceptors (Lipinski definition) is 4. The first-order valence-electron chi connectivity index (χ1n) is 5.22. The highest BCUT2D eigenvalue weighted by Crippen LogP contribution is 1.99. The molecule has 4 nitrogen and oxygen atoms in total. The molecule has 1 atom stereocenters. The van der Waals surface area contributed by atoms with E-state index in [4.69, 9.17) is 15.2 Å². The predicted octanol–water partition coefficient (Wildman–Crippen LogP) is 1.08. The Labute approximate surface area is 85.8 Å². The number of ether oxygens (including phenoxy) is 2. The molecule has 0 aliphatic carbocycles. The average molecular weight is 203 g/mol. The van der Waals surface area contributed by atoms with Crippen molar-refractivity contribution in [1.29, 1.82) is 0 Å². The zero-order valence-electron chi connectivity index (χ0n) is 9.12. The molecule has 1 unspecified atom stereocenters. The molecule has 2 N–H and O–H groups in total. The molecule has 0 saturated heterocycles. The normalized spacial score (nSPS) is 12.5. The lowest BCUT2D eigenvalue weighted by atomic mass is 10.1. The van der Waals surface area contributed by atoms with Gasteiger partial charge < -0.3 is 15.2 Å². The molecule has 84 valence electrons. The van der Waals surface area contributed by atoms with E-state index in [0.717, 1.165) is 12.8 Å². The maximum Gasteiger partial charge on any atom is 0.322 e. The largest absolute Gasteiger partial charge is 0.462 e. The molecule has 0 aromatic heterocycles. The molecular weight excluding hydrogens is 182 g/mol. The van der Waals surface area contributed by atoms with Crippen LogP contribution in [0, 0.1) is 0 Å². The Balaban J connectivity index is 3.42. The lowest BCUT2D eigenvalue weighted by Gasteiger charge is -2.10. The van der Waals surface area contributed by atoms with Gasteiger partial charge in [0.25, 0.3) is 0 Å². The summed E-state index contributed by atoms with van der Waals surface area (Å²) in [6.07, 6.45) is 2.70. The van der Waals surface area contributed by atoms with Gasteiger partial charge in [-0.3, -0.25) is 4.79 Å². The van der Waals surface area contributed by atoms with E-state index < -0.39 is 6.04 Å². The van der Waals surface area contributed by atoms with Crippen molar-refractivity contribution in [2.75, 3.05) is 19.8 Å². The van der Waals surface area contributed by atoms with Crippen molar-refractivity contribution in [1.82, 2.24) is 0 Å². The maximum absolute atomic E-state index is 11.2. The second-order valence-corrected chi connectivity index (χ2v) is 3.11. The number of unbranched alkanes of at least 4 members (excludes halogenated alkanes) is 1. The maximum atomic E-state index is 11.2. The summed E-state index contributed by atoms with van der Waals surface area (Å²) in [6, 6.07) is -0.475. The van der Waals surface area contributed by atoms with Crippen LogP contribution in [0.25, 0.3) is 0 Å². The van der Waals surface area contributed by atoms with Crippen LogP contribution in [0.5, 0.6) is 0 Å². The third-order valence-electron chi connectivity index (χ3n) is 1.85. The molecular formula is C10H21NO3. The summed E-state index contributed by atoms with van der Waals surface area (Å²) in [4.78, 5) is 11.2. The number of rotatable bonds is 8. The van der Waals surface area contributed by atoms with Crippen LogP contribution in [0.3, 0.4) is 0 Å². The summed E-state index contributed by atoms with van der Waals surface area (Å²) < 4.78 is 9.94. The van der Waals surface area contributed by atoms with E-state index in [9.17, 15) is 4.79 Å². The number of hydrogen-bond donors (Lipinski definition) is 1. The van der Waals surface area contributed by atoms with Crippen molar-refractivity contribution in [3.05, 3.63) is 0 Å². The Morgan fingerprint density at radius 1 is 1.36 bits per heavy atom. The van der Waals surface area contributed by atoms with Crippen molar-refractivity contribution in [2.45, 2.75) is 39.2 Å². The van der Waals surface area contributed by atoms with Gasteiger partial charge in [-0.15, -0.1) is 0 Å². The zero-order valence-corrected chi connectivity index (χ0v) is 9.12. The highest BCUT2D eigenvalue weighted by atomic mass is 16.6. The van der Waals surface area contributed by atoms with Crippen LogP contribution in [0.2, 0.25) is 0 Å². The van der Waals surface area contributed by atoms with Gasteiger partial charge in [0.2, 0.25) is 0 Å². The Morgan fingerprint density at radius 2 is 2.07 bits per heavy atom. The van der Waals surface area contributed by atoms with Crippen LogP contribution >= 0.6 is 0 Å². The molecule has 14 heavy (non-hydrogen) atoms. The zero-order chi connectivity index (χ0) is 10.8. The molecule has 0 aliphatic heterocycles. The van der Waals surface area contributed by atoms with Crippen molar-refractivity contribution in [3.63, 3.8) is 0 Å². The second-order valence-electron chi connectivity index (χ2n) is 3.11. The minimum atomic E-state index is -0.475. The van der Waals surface area contributed by atoms with Crippen LogP contribution in [0.4, 0.5) is 0 Å². The molecule has 0 aromatic rings. The van der Waals surface area contributed by atoms with Gasteiger partial charge in [-0.25, -0.2) is 0 Å². The highest BCUT2D eigenvalue weighted by molar-refractivity contribution is 5.75. The number of nitrogens with two attached hydrogens (primary N) is 1. The summed E-state index contributed by atoms with van der Waals surface area (Å²) in [5.41, 5.74) is 5.60. The molecule has 0 amide bonds. The van der Waals surface area contributed by atoms with Crippen molar-refractivity contribution >= 4 is 5.97 Å². The van der Waals surface area contributed by atoms with Gasteiger partial charge >= 0.3 is 5.97 Å². The molecule has 0 radical (unpaired) electrons. The first-order chi connectivity index (χ1) is 6.72. The van der Waals surface area contributed by atoms with Crippen molar-refractivity contribution in [3.8, 4) is 0 Å². The molecule has 0 heterocycles. The minimum Gasteiger partial charge on any atom is -0.462 e. The topological polar surface area (TPSA) is 61.6 Å². The molecule has 0 bridgehead atoms. The fourth-order valence-corrected chi connectivity index (χ4v) is 0.994. The van der Waals surface area contributed by atoms with E-state index in [1.807, 2.05) is 6.92 Å². The minimum absolute atomic E-state index is 0.298. The summed E-state index contributed by atoms with van der Waals surface area (Å²) in [6.45, 7) is 5.34. The SMILES string of the molecule is CCCCC(N)C(=O)OCCOCC. The van der Waals surface area contributed by atoms with Crippen LogP contribution in [0.1, 0.15) is 33.1 Å². The fraction of sp³-hybridized carbons (Fsp3) is 0.900. The second kappa shape index (κ2) is 8.97. The summed E-state index contributed by atoms with van der Waals surface area (Å²) in [5, 5.41) is 0. The Morgan fingerprint density at radius 3 is 2.64 bits per heavy atom. The molecule has 0 spiro atoms. The van der Waals surface area contributed by atoms with E-state index >= 15 is 0 Å². The van der Waals surface area contributed by atoms with E-state index in [1.54, 1.807) is 0 Å². The van der Waals surface area contributed by atoms with Gasteiger partial charge in [0.15, 0.2) is 0 Å². The fourth-order valence-electron chi connectivity index (χ4n) is 0.994. The first-order valence-corrected chi connectivity index (χ1v) is 5.22. The smallest absolute Gasteiger partial charge is 0.322 e. The monoisotopic (exact) mass is 203 g/mol. The van der Waals surface area contributed by atoms with Gasteiger partial charge in [0.1, 0.15) is 12.6 Å². The molecule has 0 aliphatic rings. The quantitative estimate of drug-likeness (QED) is 0.473. The van der Waals surface area contributed by atoms with Gasteiger partial charge in [0, 0.05) is 6.61 Å². The Bertz CT molecular complexity index is 150. The van der Waals surface area contributed by atoms with Gasteiger partial charge in [-0.2, -0.15) is 0 Å². The van der Waals surface area contributed by atoms with E-state index in [2.05, 4.69) is 6.92 Å². The number of carbonyl (C=O) groups is 1. The third kappa shape index (κ3) is 6.86. The highest BCUT2D eigenvalue weighted by Gasteiger charge is 2.13. The van der Waals surface area contributed by atoms with E-state index in [0.29, 0.717) is 26.2 Å². The Hall–Kier alpha value is -0.610. The summed E-state index contributed by atoms with van der Waals surface area (Å²) >= 11 is 0. The lowest BCUT2D eigenvalue weighted by molar-refractivity contribution is -0.146. The van der Waals surface area contributed by atoms with Gasteiger partial charge in [-0.05, 0) is 13.3 Å². The van der Waals surface area contributed by atoms with Gasteiger partial charge in [-0.1, -0.05) is 19.8 Å². The number of carbonyl (C=O) groups excluding carboxylic acids is 1. The Kier molecular flexibility index (Phi) is 8.57. The van der Waals surface area contributed by atoms with Crippen LogP contribution < -0.4 is 5.73 Å². The molecule has 0 aromatic carbocycles. The first kappa shape index (κ1) is 13.4. The average Bonchev–Trinajstić information content (AvgIpc) is 2.20. The standard InChI is InChI=1S/C10H21NO3/c1-3-5-6-9(11)10(12)14-8-7-13-4-2/h9H,3-8,11H2,1-2H3.